The Hall–Kier alpha value is -2.27. The van der Waals surface area contributed by atoms with Crippen molar-refractivity contribution < 1.29 is 18.3 Å². The molecule has 1 heterocycles. The topological polar surface area (TPSA) is 29.5 Å². The molecule has 5 heteroatoms. The monoisotopic (exact) mass is 303 g/mol. The van der Waals surface area contributed by atoms with Gasteiger partial charge in [-0.05, 0) is 30.3 Å². The first kappa shape index (κ1) is 14.7. The summed E-state index contributed by atoms with van der Waals surface area (Å²) in [6, 6.07) is 11.8. The van der Waals surface area contributed by atoms with E-state index in [0.29, 0.717) is 24.3 Å². The van der Waals surface area contributed by atoms with Crippen LogP contribution in [-0.2, 0) is 4.74 Å². The van der Waals surface area contributed by atoms with E-state index in [0.717, 1.165) is 0 Å². The molecule has 114 valence electrons. The van der Waals surface area contributed by atoms with Crippen molar-refractivity contribution in [3.63, 3.8) is 0 Å². The second-order valence-corrected chi connectivity index (χ2v) is 5.14. The maximum absolute atomic E-state index is 13.8. The molecule has 1 atom stereocenters. The van der Waals surface area contributed by atoms with Crippen LogP contribution >= 0.6 is 0 Å². The molecule has 0 spiro atoms. The van der Waals surface area contributed by atoms with Crippen molar-refractivity contribution in [2.45, 2.75) is 6.10 Å². The van der Waals surface area contributed by atoms with Gasteiger partial charge in [-0.15, -0.1) is 0 Å². The molecular weight excluding hydrogens is 288 g/mol. The summed E-state index contributed by atoms with van der Waals surface area (Å²) in [5.41, 5.74) is 0.856. The van der Waals surface area contributed by atoms with Gasteiger partial charge in [0.2, 0.25) is 0 Å². The van der Waals surface area contributed by atoms with Crippen LogP contribution in [0.25, 0.3) is 0 Å². The van der Waals surface area contributed by atoms with Gasteiger partial charge in [0, 0.05) is 17.7 Å². The zero-order valence-corrected chi connectivity index (χ0v) is 11.8. The van der Waals surface area contributed by atoms with E-state index >= 15 is 0 Å². The summed E-state index contributed by atoms with van der Waals surface area (Å²) in [4.78, 5) is 14.0. The number of hydrogen-bond donors (Lipinski definition) is 0. The van der Waals surface area contributed by atoms with Gasteiger partial charge in [-0.1, -0.05) is 18.2 Å². The van der Waals surface area contributed by atoms with E-state index in [1.165, 1.54) is 30.3 Å². The Labute approximate surface area is 127 Å². The maximum atomic E-state index is 13.8. The predicted octanol–water partition coefficient (Wildman–Crippen LogP) is 3.18. The Kier molecular flexibility index (Phi) is 4.15. The summed E-state index contributed by atoms with van der Waals surface area (Å²) in [6.07, 6.45) is -0.487. The molecule has 3 nitrogen and oxygen atoms in total. The van der Waals surface area contributed by atoms with Crippen molar-refractivity contribution in [2.75, 3.05) is 19.7 Å². The first-order valence-electron chi connectivity index (χ1n) is 7.06. The largest absolute Gasteiger partial charge is 0.370 e. The maximum Gasteiger partial charge on any atom is 0.254 e. The number of benzene rings is 2. The third kappa shape index (κ3) is 2.99. The van der Waals surface area contributed by atoms with Crippen molar-refractivity contribution in [3.8, 4) is 0 Å². The van der Waals surface area contributed by atoms with Crippen molar-refractivity contribution >= 4 is 5.91 Å². The third-order valence-electron chi connectivity index (χ3n) is 3.70. The number of nitrogens with zero attached hydrogens (tertiary/aromatic N) is 1. The van der Waals surface area contributed by atoms with Gasteiger partial charge < -0.3 is 9.64 Å². The number of carbonyl (C=O) groups is 1. The van der Waals surface area contributed by atoms with E-state index in [2.05, 4.69) is 0 Å². The lowest BCUT2D eigenvalue weighted by Gasteiger charge is -2.33. The minimum atomic E-state index is -0.487. The van der Waals surface area contributed by atoms with Crippen molar-refractivity contribution in [1.82, 2.24) is 4.90 Å². The molecule has 1 fully saturated rings. The van der Waals surface area contributed by atoms with Gasteiger partial charge in [-0.3, -0.25) is 4.79 Å². The zero-order chi connectivity index (χ0) is 15.5. The molecule has 0 aliphatic carbocycles. The first-order chi connectivity index (χ1) is 10.6. The summed E-state index contributed by atoms with van der Waals surface area (Å²) in [5.74, 6) is -0.934. The van der Waals surface area contributed by atoms with Gasteiger partial charge in [-0.25, -0.2) is 8.78 Å². The number of carbonyl (C=O) groups excluding carboxylic acids is 1. The van der Waals surface area contributed by atoms with E-state index < -0.39 is 6.10 Å². The van der Waals surface area contributed by atoms with E-state index in [4.69, 9.17) is 4.74 Å². The normalized spacial score (nSPS) is 18.3. The summed E-state index contributed by atoms with van der Waals surface area (Å²) in [7, 11) is 0. The smallest absolute Gasteiger partial charge is 0.254 e. The lowest BCUT2D eigenvalue weighted by atomic mass is 10.1. The molecule has 0 N–H and O–H groups in total. The first-order valence-corrected chi connectivity index (χ1v) is 7.06. The van der Waals surface area contributed by atoms with E-state index in [1.807, 2.05) is 0 Å². The van der Waals surface area contributed by atoms with Gasteiger partial charge >= 0.3 is 0 Å². The van der Waals surface area contributed by atoms with Crippen LogP contribution < -0.4 is 0 Å². The average Bonchev–Trinajstić information content (AvgIpc) is 2.55. The highest BCUT2D eigenvalue weighted by molar-refractivity contribution is 5.94. The van der Waals surface area contributed by atoms with Crippen LogP contribution in [-0.4, -0.2) is 30.5 Å². The van der Waals surface area contributed by atoms with Crippen molar-refractivity contribution in [1.29, 1.82) is 0 Å². The fraction of sp³-hybridized carbons (Fsp3) is 0.235. The van der Waals surface area contributed by atoms with Crippen LogP contribution in [0.2, 0.25) is 0 Å². The third-order valence-corrected chi connectivity index (χ3v) is 3.70. The highest BCUT2D eigenvalue weighted by Gasteiger charge is 2.27. The number of amides is 1. The summed E-state index contributed by atoms with van der Waals surface area (Å²) in [5, 5.41) is 0. The Bertz CT molecular complexity index is 673. The average molecular weight is 303 g/mol. The van der Waals surface area contributed by atoms with E-state index in [1.54, 1.807) is 23.1 Å². The van der Waals surface area contributed by atoms with Crippen LogP contribution in [0.5, 0.6) is 0 Å². The molecule has 1 amide bonds. The summed E-state index contributed by atoms with van der Waals surface area (Å²) < 4.78 is 32.4. The second-order valence-electron chi connectivity index (χ2n) is 5.14. The Balaban J connectivity index is 1.77. The molecule has 2 aromatic rings. The van der Waals surface area contributed by atoms with E-state index in [-0.39, 0.29) is 24.1 Å². The molecule has 3 rings (SSSR count). The number of ether oxygens (including phenoxy) is 1. The Morgan fingerprint density at radius 3 is 2.55 bits per heavy atom. The molecule has 2 aromatic carbocycles. The van der Waals surface area contributed by atoms with E-state index in [9.17, 15) is 13.6 Å². The minimum Gasteiger partial charge on any atom is -0.370 e. The van der Waals surface area contributed by atoms with Gasteiger partial charge in [0.05, 0.1) is 13.2 Å². The molecule has 0 bridgehead atoms. The van der Waals surface area contributed by atoms with Gasteiger partial charge in [-0.2, -0.15) is 0 Å². The molecule has 1 unspecified atom stereocenters. The number of hydrogen-bond acceptors (Lipinski definition) is 2. The number of rotatable bonds is 2. The zero-order valence-electron chi connectivity index (χ0n) is 11.8. The number of halogens is 2. The van der Waals surface area contributed by atoms with Crippen molar-refractivity contribution in [2.24, 2.45) is 0 Å². The molecular formula is C17H15F2NO2. The molecule has 1 saturated heterocycles. The van der Waals surface area contributed by atoms with Crippen LogP contribution in [0.1, 0.15) is 22.0 Å². The standard InChI is InChI=1S/C17H15F2NO2/c18-13-7-5-12(6-8-13)17(21)20-9-10-22-16(11-20)14-3-1-2-4-15(14)19/h1-8,16H,9-11H2. The minimum absolute atomic E-state index is 0.204. The molecule has 1 aliphatic heterocycles. The SMILES string of the molecule is O=C(c1ccc(F)cc1)N1CCOC(c2ccccc2F)C1. The predicted molar refractivity (Wildman–Crippen MR) is 77.4 cm³/mol. The van der Waals surface area contributed by atoms with Crippen LogP contribution in [0.4, 0.5) is 8.78 Å². The highest BCUT2D eigenvalue weighted by atomic mass is 19.1. The van der Waals surface area contributed by atoms with Gasteiger partial charge in [0.25, 0.3) is 5.91 Å². The lowest BCUT2D eigenvalue weighted by Crippen LogP contribution is -2.42. The fourth-order valence-electron chi connectivity index (χ4n) is 2.53. The van der Waals surface area contributed by atoms with Crippen LogP contribution in [0.3, 0.4) is 0 Å². The van der Waals surface area contributed by atoms with Crippen LogP contribution in [0, 0.1) is 11.6 Å². The molecule has 0 aromatic heterocycles. The second kappa shape index (κ2) is 6.23. The molecule has 22 heavy (non-hydrogen) atoms. The highest BCUT2D eigenvalue weighted by Crippen LogP contribution is 2.25. The summed E-state index contributed by atoms with van der Waals surface area (Å²) >= 11 is 0. The Morgan fingerprint density at radius 2 is 1.82 bits per heavy atom. The van der Waals surface area contributed by atoms with Crippen molar-refractivity contribution in [3.05, 3.63) is 71.3 Å². The van der Waals surface area contributed by atoms with Gasteiger partial charge in [0.1, 0.15) is 17.7 Å². The molecule has 1 aliphatic rings. The summed E-state index contributed by atoms with van der Waals surface area (Å²) in [6.45, 7) is 1.05. The quantitative estimate of drug-likeness (QED) is 0.853. The molecule has 0 radical (unpaired) electrons. The lowest BCUT2D eigenvalue weighted by molar-refractivity contribution is -0.0243. The Morgan fingerprint density at radius 1 is 1.09 bits per heavy atom. The fourth-order valence-corrected chi connectivity index (χ4v) is 2.53. The van der Waals surface area contributed by atoms with Crippen LogP contribution in [0.15, 0.2) is 48.5 Å². The number of morpholine rings is 1. The van der Waals surface area contributed by atoms with Gasteiger partial charge in [0.15, 0.2) is 0 Å². The molecule has 0 saturated carbocycles.